The molecule has 1 saturated heterocycles. The van der Waals surface area contributed by atoms with Gasteiger partial charge in [-0.2, -0.15) is 0 Å². The molecule has 0 spiro atoms. The Balaban J connectivity index is 2.37. The predicted octanol–water partition coefficient (Wildman–Crippen LogP) is 1.84. The number of hydrogen-bond donors (Lipinski definition) is 0. The summed E-state index contributed by atoms with van der Waals surface area (Å²) in [5, 5.41) is 11.5. The molecule has 1 aromatic carbocycles. The number of hydrogen-bond acceptors (Lipinski definition) is 6. The molecule has 1 heterocycles. The van der Waals surface area contributed by atoms with Gasteiger partial charge in [0.1, 0.15) is 11.7 Å². The van der Waals surface area contributed by atoms with E-state index in [1.807, 2.05) is 0 Å². The summed E-state index contributed by atoms with van der Waals surface area (Å²) in [6.07, 6.45) is 4.12. The number of nitro groups is 1. The van der Waals surface area contributed by atoms with E-state index in [1.54, 1.807) is 31.1 Å². The Labute approximate surface area is 145 Å². The fourth-order valence-corrected chi connectivity index (χ4v) is 2.88. The van der Waals surface area contributed by atoms with Gasteiger partial charge in [0.15, 0.2) is 0 Å². The second-order valence-electron chi connectivity index (χ2n) is 5.95. The first kappa shape index (κ1) is 18.4. The van der Waals surface area contributed by atoms with Crippen LogP contribution in [0.1, 0.15) is 18.4 Å². The Hall–Kier alpha value is -2.90. The molecule has 0 N–H and O–H groups in total. The van der Waals surface area contributed by atoms with E-state index < -0.39 is 16.9 Å². The molecular weight excluding hydrogens is 326 g/mol. The second kappa shape index (κ2) is 7.78. The Morgan fingerprint density at radius 1 is 1.40 bits per heavy atom. The minimum absolute atomic E-state index is 0.0681. The summed E-state index contributed by atoms with van der Waals surface area (Å²) in [5.41, 5.74) is 0.832. The van der Waals surface area contributed by atoms with Crippen LogP contribution in [0.2, 0.25) is 0 Å². The van der Waals surface area contributed by atoms with E-state index in [2.05, 4.69) is 4.74 Å². The summed E-state index contributed by atoms with van der Waals surface area (Å²) in [6, 6.07) is 4.29. The molecule has 1 aliphatic rings. The minimum Gasteiger partial charge on any atom is -0.466 e. The van der Waals surface area contributed by atoms with E-state index in [-0.39, 0.29) is 11.6 Å². The van der Waals surface area contributed by atoms with Crippen molar-refractivity contribution in [2.45, 2.75) is 18.9 Å². The number of ether oxygens (including phenoxy) is 1. The van der Waals surface area contributed by atoms with Gasteiger partial charge in [-0.1, -0.05) is 6.07 Å². The minimum atomic E-state index is -0.539. The lowest BCUT2D eigenvalue weighted by Gasteiger charge is -2.27. The highest BCUT2D eigenvalue weighted by Crippen LogP contribution is 2.35. The lowest BCUT2D eigenvalue weighted by atomic mass is 10.1. The van der Waals surface area contributed by atoms with Crippen LogP contribution in [0.5, 0.6) is 0 Å². The monoisotopic (exact) mass is 347 g/mol. The molecule has 1 aliphatic heterocycles. The van der Waals surface area contributed by atoms with Crippen LogP contribution in [0.4, 0.5) is 11.4 Å². The number of nitrogens with zero attached hydrogens (tertiary/aromatic N) is 3. The van der Waals surface area contributed by atoms with Gasteiger partial charge in [0.25, 0.3) is 5.69 Å². The topological polar surface area (TPSA) is 93.0 Å². The first-order valence-electron chi connectivity index (χ1n) is 7.87. The van der Waals surface area contributed by atoms with Crippen LogP contribution in [0, 0.1) is 10.1 Å². The molecule has 1 amide bonds. The maximum atomic E-state index is 12.3. The quantitative estimate of drug-likeness (QED) is 0.349. The molecule has 0 saturated carbocycles. The summed E-state index contributed by atoms with van der Waals surface area (Å²) in [4.78, 5) is 37.8. The number of carbonyl (C=O) groups excluding carboxylic acids is 2. The zero-order valence-corrected chi connectivity index (χ0v) is 14.5. The van der Waals surface area contributed by atoms with Crippen LogP contribution >= 0.6 is 0 Å². The third-order valence-corrected chi connectivity index (χ3v) is 4.10. The molecule has 0 aromatic heterocycles. The molecule has 25 heavy (non-hydrogen) atoms. The summed E-state index contributed by atoms with van der Waals surface area (Å²) in [7, 11) is 4.61. The number of nitro benzene ring substituents is 1. The van der Waals surface area contributed by atoms with Crippen LogP contribution in [0.15, 0.2) is 24.3 Å². The van der Waals surface area contributed by atoms with Crippen molar-refractivity contribution < 1.29 is 19.2 Å². The number of esters is 1. The zero-order chi connectivity index (χ0) is 18.6. The number of benzene rings is 1. The Bertz CT molecular complexity index is 714. The molecular formula is C17H21N3O5. The van der Waals surface area contributed by atoms with Crippen LogP contribution in [-0.4, -0.2) is 55.5 Å². The lowest BCUT2D eigenvalue weighted by molar-refractivity contribution is -0.384. The van der Waals surface area contributed by atoms with Crippen LogP contribution in [0.3, 0.4) is 0 Å². The molecule has 1 atom stereocenters. The van der Waals surface area contributed by atoms with Gasteiger partial charge in [0, 0.05) is 32.8 Å². The number of anilines is 1. The van der Waals surface area contributed by atoms with Gasteiger partial charge in [0.2, 0.25) is 5.91 Å². The third-order valence-electron chi connectivity index (χ3n) is 4.10. The number of carbonyl (C=O) groups is 2. The van der Waals surface area contributed by atoms with Gasteiger partial charge in [0.05, 0.1) is 12.0 Å². The first-order valence-corrected chi connectivity index (χ1v) is 7.87. The molecule has 8 heteroatoms. The van der Waals surface area contributed by atoms with E-state index in [0.717, 1.165) is 6.42 Å². The van der Waals surface area contributed by atoms with E-state index in [4.69, 9.17) is 0 Å². The average molecular weight is 347 g/mol. The van der Waals surface area contributed by atoms with Crippen molar-refractivity contribution in [1.82, 2.24) is 4.90 Å². The largest absolute Gasteiger partial charge is 0.466 e. The maximum absolute atomic E-state index is 12.3. The zero-order valence-electron chi connectivity index (χ0n) is 14.5. The molecule has 134 valence electrons. The predicted molar refractivity (Wildman–Crippen MR) is 93.2 cm³/mol. The maximum Gasteiger partial charge on any atom is 0.330 e. The van der Waals surface area contributed by atoms with Crippen molar-refractivity contribution in [3.05, 3.63) is 40.0 Å². The molecule has 0 radical (unpaired) electrons. The van der Waals surface area contributed by atoms with Crippen molar-refractivity contribution in [1.29, 1.82) is 0 Å². The second-order valence-corrected chi connectivity index (χ2v) is 5.95. The SMILES string of the molecule is COC(=O)/C=C/c1ccc(N2CCCC2C(=O)N(C)C)c([N+](=O)[O-])c1. The van der Waals surface area contributed by atoms with E-state index >= 15 is 0 Å². The smallest absolute Gasteiger partial charge is 0.330 e. The standard InChI is InChI=1S/C17H21N3O5/c1-18(2)17(22)14-5-4-10-19(14)13-8-6-12(7-9-16(21)25-3)11-15(13)20(23)24/h6-9,11,14H,4-5,10H2,1-3H3/b9-7+. The van der Waals surface area contributed by atoms with E-state index in [9.17, 15) is 19.7 Å². The lowest BCUT2D eigenvalue weighted by Crippen LogP contribution is -2.43. The molecule has 0 bridgehead atoms. The van der Waals surface area contributed by atoms with Crippen LogP contribution in [0.25, 0.3) is 6.08 Å². The highest BCUT2D eigenvalue weighted by atomic mass is 16.6. The van der Waals surface area contributed by atoms with Crippen molar-refractivity contribution in [3.8, 4) is 0 Å². The Morgan fingerprint density at radius 2 is 2.12 bits per heavy atom. The molecule has 1 aromatic rings. The van der Waals surface area contributed by atoms with Gasteiger partial charge in [-0.05, 0) is 30.5 Å². The van der Waals surface area contributed by atoms with Gasteiger partial charge < -0.3 is 14.5 Å². The Kier molecular flexibility index (Phi) is 5.74. The number of rotatable bonds is 5. The number of amides is 1. The highest BCUT2D eigenvalue weighted by molar-refractivity contribution is 5.88. The fourth-order valence-electron chi connectivity index (χ4n) is 2.88. The van der Waals surface area contributed by atoms with Gasteiger partial charge in [-0.25, -0.2) is 4.79 Å². The van der Waals surface area contributed by atoms with E-state index in [0.29, 0.717) is 24.2 Å². The van der Waals surface area contributed by atoms with Crippen molar-refractivity contribution in [2.75, 3.05) is 32.6 Å². The van der Waals surface area contributed by atoms with Gasteiger partial charge in [-0.15, -0.1) is 0 Å². The molecule has 2 rings (SSSR count). The molecule has 0 aliphatic carbocycles. The van der Waals surface area contributed by atoms with Crippen molar-refractivity contribution in [3.63, 3.8) is 0 Å². The summed E-state index contributed by atoms with van der Waals surface area (Å²) in [5.74, 6) is -0.607. The molecule has 1 fully saturated rings. The van der Waals surface area contributed by atoms with Gasteiger partial charge in [-0.3, -0.25) is 14.9 Å². The normalized spacial score (nSPS) is 16.9. The number of methoxy groups -OCH3 is 1. The summed E-state index contributed by atoms with van der Waals surface area (Å²) >= 11 is 0. The van der Waals surface area contributed by atoms with Crippen LogP contribution in [-0.2, 0) is 14.3 Å². The van der Waals surface area contributed by atoms with Crippen molar-refractivity contribution in [2.24, 2.45) is 0 Å². The summed E-state index contributed by atoms with van der Waals surface area (Å²) in [6.45, 7) is 0.586. The molecule has 8 nitrogen and oxygen atoms in total. The van der Waals surface area contributed by atoms with Gasteiger partial charge >= 0.3 is 5.97 Å². The average Bonchev–Trinajstić information content (AvgIpc) is 3.07. The summed E-state index contributed by atoms with van der Waals surface area (Å²) < 4.78 is 4.51. The highest BCUT2D eigenvalue weighted by Gasteiger charge is 2.35. The van der Waals surface area contributed by atoms with Crippen molar-refractivity contribution >= 4 is 29.3 Å². The third kappa shape index (κ3) is 4.14. The first-order chi connectivity index (χ1) is 11.8. The van der Waals surface area contributed by atoms with Crippen LogP contribution < -0.4 is 4.90 Å². The fraction of sp³-hybridized carbons (Fsp3) is 0.412. The molecule has 1 unspecified atom stereocenters. The Morgan fingerprint density at radius 3 is 2.72 bits per heavy atom. The van der Waals surface area contributed by atoms with E-state index in [1.165, 1.54) is 30.2 Å². The number of likely N-dealkylation sites (N-methyl/N-ethyl adjacent to an activating group) is 1.